The molecule has 0 atom stereocenters. The Bertz CT molecular complexity index is 1110. The number of aromatic nitrogens is 2. The fraction of sp³-hybridized carbons (Fsp3) is 0.767. The van der Waals surface area contributed by atoms with Gasteiger partial charge in [-0.1, -0.05) is 40.0 Å². The number of carbonyl (C=O) groups is 2. The fourth-order valence-electron chi connectivity index (χ4n) is 6.77. The summed E-state index contributed by atoms with van der Waals surface area (Å²) in [6, 6.07) is 3.71. The van der Waals surface area contributed by atoms with Crippen LogP contribution in [0.15, 0.2) is 6.07 Å². The molecule has 0 unspecified atom stereocenters. The van der Waals surface area contributed by atoms with Crippen LogP contribution >= 0.6 is 11.3 Å². The number of carbonyl (C=O) groups excluding carboxylic acids is 2. The molecule has 2 saturated carbocycles. The smallest absolute Gasteiger partial charge is 0.261 e. The molecule has 3 heterocycles. The number of nitrogens with zero attached hydrogens (tertiary/aromatic N) is 3. The van der Waals surface area contributed by atoms with Gasteiger partial charge in [-0.2, -0.15) is 5.10 Å². The number of rotatable bonds is 6. The molecule has 2 aliphatic carbocycles. The molecule has 7 nitrogen and oxygen atoms in total. The quantitative estimate of drug-likeness (QED) is 0.472. The van der Waals surface area contributed by atoms with Gasteiger partial charge in [0.25, 0.3) is 5.91 Å². The minimum atomic E-state index is 0.0326. The number of fused-ring (bicyclic) bond motifs is 1. The van der Waals surface area contributed by atoms with Gasteiger partial charge in [0.2, 0.25) is 5.91 Å². The van der Waals surface area contributed by atoms with E-state index in [0.29, 0.717) is 24.5 Å². The molecule has 2 aromatic heterocycles. The van der Waals surface area contributed by atoms with Crippen LogP contribution in [0.3, 0.4) is 0 Å². The Morgan fingerprint density at radius 1 is 0.921 bits per heavy atom. The van der Waals surface area contributed by atoms with E-state index in [4.69, 9.17) is 5.10 Å². The lowest BCUT2D eigenvalue weighted by atomic mass is 9.88. The Labute approximate surface area is 232 Å². The predicted octanol–water partition coefficient (Wildman–Crippen LogP) is 5.97. The van der Waals surface area contributed by atoms with Crippen molar-refractivity contribution in [3.63, 3.8) is 0 Å². The van der Waals surface area contributed by atoms with Crippen LogP contribution in [0.2, 0.25) is 0 Å². The van der Waals surface area contributed by atoms with E-state index in [9.17, 15) is 9.59 Å². The molecule has 5 rings (SSSR count). The first kappa shape index (κ1) is 27.6. The van der Waals surface area contributed by atoms with Crippen LogP contribution in [0.5, 0.6) is 0 Å². The maximum atomic E-state index is 13.2. The average molecular weight is 542 g/mol. The van der Waals surface area contributed by atoms with E-state index in [-0.39, 0.29) is 23.3 Å². The molecule has 210 valence electrons. The second-order valence-electron chi connectivity index (χ2n) is 13.2. The molecule has 0 radical (unpaired) electrons. The number of hydrogen-bond acceptors (Lipinski definition) is 5. The second-order valence-corrected chi connectivity index (χ2v) is 14.3. The first-order valence-corrected chi connectivity index (χ1v) is 15.8. The maximum absolute atomic E-state index is 13.2. The van der Waals surface area contributed by atoms with Gasteiger partial charge in [0.15, 0.2) is 0 Å². The van der Waals surface area contributed by atoms with E-state index in [2.05, 4.69) is 54.0 Å². The van der Waals surface area contributed by atoms with E-state index >= 15 is 0 Å². The summed E-state index contributed by atoms with van der Waals surface area (Å²) in [7, 11) is 0. The molecule has 3 aliphatic rings. The summed E-state index contributed by atoms with van der Waals surface area (Å²) < 4.78 is 2.22. The third-order valence-electron chi connectivity index (χ3n) is 8.85. The van der Waals surface area contributed by atoms with Crippen molar-refractivity contribution in [1.82, 2.24) is 25.3 Å². The highest BCUT2D eigenvalue weighted by Crippen LogP contribution is 2.36. The number of likely N-dealkylation sites (tertiary alicyclic amines) is 1. The number of hydrogen-bond donors (Lipinski definition) is 2. The maximum Gasteiger partial charge on any atom is 0.261 e. The van der Waals surface area contributed by atoms with Crippen LogP contribution in [0.4, 0.5) is 0 Å². The van der Waals surface area contributed by atoms with E-state index in [1.54, 1.807) is 11.3 Å². The molecular weight excluding hydrogens is 494 g/mol. The van der Waals surface area contributed by atoms with Crippen molar-refractivity contribution < 1.29 is 9.59 Å². The molecule has 38 heavy (non-hydrogen) atoms. The molecule has 3 fully saturated rings. The summed E-state index contributed by atoms with van der Waals surface area (Å²) in [5.74, 6) is 0.267. The molecule has 2 N–H and O–H groups in total. The average Bonchev–Trinajstić information content (AvgIpc) is 3.45. The summed E-state index contributed by atoms with van der Waals surface area (Å²) in [6.45, 7) is 10.5. The van der Waals surface area contributed by atoms with Crippen molar-refractivity contribution in [2.24, 2.45) is 5.41 Å². The van der Waals surface area contributed by atoms with Gasteiger partial charge < -0.3 is 15.5 Å². The predicted molar refractivity (Wildman–Crippen MR) is 155 cm³/mol. The van der Waals surface area contributed by atoms with E-state index in [0.717, 1.165) is 67.6 Å². The highest BCUT2D eigenvalue weighted by Gasteiger charge is 2.31. The van der Waals surface area contributed by atoms with Crippen LogP contribution in [0.1, 0.15) is 119 Å². The first-order valence-electron chi connectivity index (χ1n) is 15.0. The minimum Gasteiger partial charge on any atom is -0.353 e. The zero-order valence-electron chi connectivity index (χ0n) is 23.9. The Balaban J connectivity index is 1.08. The largest absolute Gasteiger partial charge is 0.353 e. The monoisotopic (exact) mass is 541 g/mol. The second kappa shape index (κ2) is 11.7. The summed E-state index contributed by atoms with van der Waals surface area (Å²) in [5.41, 5.74) is 1.07. The summed E-state index contributed by atoms with van der Waals surface area (Å²) in [5, 5.41) is 12.6. The standard InChI is InChI=1S/C30H47N5O2S/c1-20-25-18-26(38-29(25)35(33-20)24-8-6-5-7-9-24)28(37)32-21-10-12-23(13-11-21)34-16-14-22(15-17-34)31-27(36)19-30(2,3)4/h18,21-24H,5-17,19H2,1-4H3,(H,31,36)(H,32,37)/t21-,23-. The van der Waals surface area contributed by atoms with Crippen LogP contribution in [0, 0.1) is 12.3 Å². The molecular formula is C30H47N5O2S. The Hall–Kier alpha value is -1.93. The molecule has 0 bridgehead atoms. The highest BCUT2D eigenvalue weighted by atomic mass is 32.1. The van der Waals surface area contributed by atoms with Gasteiger partial charge in [0.05, 0.1) is 16.6 Å². The van der Waals surface area contributed by atoms with Crippen LogP contribution in [-0.2, 0) is 4.79 Å². The van der Waals surface area contributed by atoms with Crippen LogP contribution in [0.25, 0.3) is 10.2 Å². The molecule has 2 amide bonds. The lowest BCUT2D eigenvalue weighted by Crippen LogP contribution is -2.50. The third-order valence-corrected chi connectivity index (χ3v) is 9.97. The third kappa shape index (κ3) is 6.61. The lowest BCUT2D eigenvalue weighted by Gasteiger charge is -2.41. The van der Waals surface area contributed by atoms with Crippen molar-refractivity contribution in [2.45, 2.75) is 129 Å². The van der Waals surface area contributed by atoms with Gasteiger partial charge >= 0.3 is 0 Å². The van der Waals surface area contributed by atoms with Gasteiger partial charge in [0, 0.05) is 43.0 Å². The molecule has 0 aromatic carbocycles. The van der Waals surface area contributed by atoms with E-state index < -0.39 is 0 Å². The number of thiophene rings is 1. The summed E-state index contributed by atoms with van der Waals surface area (Å²) in [6.07, 6.45) is 13.3. The SMILES string of the molecule is Cc1nn(C2CCCCC2)c2sc(C(=O)N[C@H]3CC[C@H](N4CCC(NC(=O)CC(C)(C)C)CC4)CC3)cc12. The lowest BCUT2D eigenvalue weighted by molar-refractivity contribution is -0.123. The first-order chi connectivity index (χ1) is 18.2. The molecule has 0 spiro atoms. The minimum absolute atomic E-state index is 0.0326. The fourth-order valence-corrected chi connectivity index (χ4v) is 7.90. The van der Waals surface area contributed by atoms with Crippen molar-refractivity contribution in [3.8, 4) is 0 Å². The molecule has 2 aromatic rings. The van der Waals surface area contributed by atoms with Crippen LogP contribution in [-0.4, -0.2) is 57.7 Å². The Morgan fingerprint density at radius 2 is 1.58 bits per heavy atom. The summed E-state index contributed by atoms with van der Waals surface area (Å²) >= 11 is 1.62. The topological polar surface area (TPSA) is 79.3 Å². The van der Waals surface area contributed by atoms with Crippen molar-refractivity contribution in [1.29, 1.82) is 0 Å². The van der Waals surface area contributed by atoms with Crippen molar-refractivity contribution >= 4 is 33.4 Å². The normalized spacial score (nSPS) is 24.5. The molecule has 8 heteroatoms. The summed E-state index contributed by atoms with van der Waals surface area (Å²) in [4.78, 5) is 30.1. The zero-order chi connectivity index (χ0) is 26.9. The van der Waals surface area contributed by atoms with Gasteiger partial charge in [0.1, 0.15) is 4.83 Å². The highest BCUT2D eigenvalue weighted by molar-refractivity contribution is 7.20. The zero-order valence-corrected chi connectivity index (χ0v) is 24.7. The number of nitrogens with one attached hydrogen (secondary N) is 2. The number of piperidine rings is 1. The number of amides is 2. The van der Waals surface area contributed by atoms with Crippen molar-refractivity contribution in [2.75, 3.05) is 13.1 Å². The van der Waals surface area contributed by atoms with Gasteiger partial charge in [-0.3, -0.25) is 14.3 Å². The van der Waals surface area contributed by atoms with Gasteiger partial charge in [-0.05, 0) is 69.8 Å². The van der Waals surface area contributed by atoms with E-state index in [1.807, 2.05) is 0 Å². The van der Waals surface area contributed by atoms with Gasteiger partial charge in [-0.25, -0.2) is 0 Å². The number of aryl methyl sites for hydroxylation is 1. The van der Waals surface area contributed by atoms with Gasteiger partial charge in [-0.15, -0.1) is 11.3 Å². The molecule has 1 saturated heterocycles. The molecule has 1 aliphatic heterocycles. The van der Waals surface area contributed by atoms with E-state index in [1.165, 1.54) is 36.9 Å². The Kier molecular flexibility index (Phi) is 8.48. The van der Waals surface area contributed by atoms with Crippen molar-refractivity contribution in [3.05, 3.63) is 16.6 Å². The van der Waals surface area contributed by atoms with Crippen LogP contribution < -0.4 is 10.6 Å². The Morgan fingerprint density at radius 3 is 2.24 bits per heavy atom.